The molecule has 1 heterocycles. The van der Waals surface area contributed by atoms with Gasteiger partial charge in [-0.2, -0.15) is 0 Å². The molecule has 1 aromatic carbocycles. The molecule has 0 spiro atoms. The lowest BCUT2D eigenvalue weighted by atomic mass is 10.1. The minimum atomic E-state index is -0.978. The molecule has 2 aromatic rings. The van der Waals surface area contributed by atoms with Gasteiger partial charge in [0.1, 0.15) is 5.56 Å². The molecule has 0 saturated carbocycles. The third-order valence-corrected chi connectivity index (χ3v) is 3.65. The number of nitrogens with zero attached hydrogens (tertiary/aromatic N) is 1. The van der Waals surface area contributed by atoms with Crippen LogP contribution in [0.1, 0.15) is 27.2 Å². The van der Waals surface area contributed by atoms with E-state index in [-0.39, 0.29) is 12.1 Å². The molecule has 0 bridgehead atoms. The summed E-state index contributed by atoms with van der Waals surface area (Å²) in [6.07, 6.45) is 0. The van der Waals surface area contributed by atoms with E-state index in [1.807, 2.05) is 0 Å². The van der Waals surface area contributed by atoms with Crippen molar-refractivity contribution < 1.29 is 13.6 Å². The Morgan fingerprint density at radius 2 is 1.86 bits per heavy atom. The summed E-state index contributed by atoms with van der Waals surface area (Å²) in [6.45, 7) is 3.60. The van der Waals surface area contributed by atoms with Gasteiger partial charge < -0.3 is 9.88 Å². The van der Waals surface area contributed by atoms with Crippen LogP contribution in [0, 0.1) is 25.5 Å². The number of hydrogen-bond donors (Lipinski definition) is 1. The van der Waals surface area contributed by atoms with E-state index in [0.717, 1.165) is 23.4 Å². The van der Waals surface area contributed by atoms with Crippen LogP contribution in [0.4, 0.5) is 8.78 Å². The van der Waals surface area contributed by atoms with Crippen LogP contribution in [-0.2, 0) is 13.6 Å². The van der Waals surface area contributed by atoms with Gasteiger partial charge in [-0.1, -0.05) is 6.07 Å². The molecule has 0 saturated heterocycles. The van der Waals surface area contributed by atoms with Crippen LogP contribution in [-0.4, -0.2) is 10.5 Å². The molecule has 0 aliphatic rings. The molecular weight excluding hydrogens is 290 g/mol. The van der Waals surface area contributed by atoms with Crippen molar-refractivity contribution in [1.82, 2.24) is 9.88 Å². The highest BCUT2D eigenvalue weighted by atomic mass is 19.2. The van der Waals surface area contributed by atoms with Crippen molar-refractivity contribution in [3.05, 3.63) is 68.6 Å². The van der Waals surface area contributed by atoms with Crippen LogP contribution in [0.15, 0.2) is 29.1 Å². The number of aryl methyl sites for hydroxylation is 1. The fourth-order valence-electron chi connectivity index (χ4n) is 2.07. The number of aromatic nitrogens is 1. The second kappa shape index (κ2) is 6.09. The minimum Gasteiger partial charge on any atom is -0.348 e. The summed E-state index contributed by atoms with van der Waals surface area (Å²) in [5.74, 6) is -2.47. The Labute approximate surface area is 126 Å². The maximum atomic E-state index is 13.1. The number of carbonyl (C=O) groups is 1. The second-order valence-electron chi connectivity index (χ2n) is 5.12. The van der Waals surface area contributed by atoms with E-state index >= 15 is 0 Å². The Balaban J connectivity index is 2.20. The number of halogens is 2. The zero-order valence-corrected chi connectivity index (χ0v) is 12.5. The molecule has 1 N–H and O–H groups in total. The lowest BCUT2D eigenvalue weighted by Gasteiger charge is -2.11. The van der Waals surface area contributed by atoms with E-state index in [2.05, 4.69) is 5.32 Å². The van der Waals surface area contributed by atoms with Gasteiger partial charge >= 0.3 is 0 Å². The minimum absolute atomic E-state index is 0.00606. The topological polar surface area (TPSA) is 51.1 Å². The largest absolute Gasteiger partial charge is 0.348 e. The van der Waals surface area contributed by atoms with Crippen molar-refractivity contribution in [2.75, 3.05) is 0 Å². The molecule has 2 rings (SSSR count). The van der Waals surface area contributed by atoms with Crippen LogP contribution in [0.2, 0.25) is 0 Å². The van der Waals surface area contributed by atoms with E-state index in [0.29, 0.717) is 5.56 Å². The molecule has 0 aliphatic heterocycles. The monoisotopic (exact) mass is 306 g/mol. The first-order chi connectivity index (χ1) is 10.3. The third kappa shape index (κ3) is 3.05. The van der Waals surface area contributed by atoms with Crippen molar-refractivity contribution in [3.63, 3.8) is 0 Å². The lowest BCUT2D eigenvalue weighted by Crippen LogP contribution is -2.33. The summed E-state index contributed by atoms with van der Waals surface area (Å²) < 4.78 is 27.3. The summed E-state index contributed by atoms with van der Waals surface area (Å²) in [4.78, 5) is 24.2. The Kier molecular flexibility index (Phi) is 4.40. The van der Waals surface area contributed by atoms with Crippen LogP contribution < -0.4 is 10.9 Å². The van der Waals surface area contributed by atoms with Gasteiger partial charge in [0.15, 0.2) is 11.6 Å². The molecule has 0 aliphatic carbocycles. The van der Waals surface area contributed by atoms with Crippen molar-refractivity contribution in [1.29, 1.82) is 0 Å². The summed E-state index contributed by atoms with van der Waals surface area (Å²) in [6, 6.07) is 4.90. The predicted octanol–water partition coefficient (Wildman–Crippen LogP) is 2.21. The summed E-state index contributed by atoms with van der Waals surface area (Å²) in [5, 5.41) is 2.54. The molecular formula is C16H16F2N2O2. The smallest absolute Gasteiger partial charge is 0.263 e. The van der Waals surface area contributed by atoms with Gasteiger partial charge in [-0.15, -0.1) is 0 Å². The molecule has 4 nitrogen and oxygen atoms in total. The number of carbonyl (C=O) groups excluding carboxylic acids is 1. The maximum absolute atomic E-state index is 13.1. The van der Waals surface area contributed by atoms with Crippen LogP contribution in [0.5, 0.6) is 0 Å². The highest BCUT2D eigenvalue weighted by Crippen LogP contribution is 2.09. The van der Waals surface area contributed by atoms with E-state index < -0.39 is 23.1 Å². The summed E-state index contributed by atoms with van der Waals surface area (Å²) >= 11 is 0. The van der Waals surface area contributed by atoms with Crippen LogP contribution in [0.3, 0.4) is 0 Å². The SMILES string of the molecule is Cc1cc(C(=O)NCc2ccc(F)c(F)c2)c(=O)n(C)c1C. The quantitative estimate of drug-likeness (QED) is 0.945. The average molecular weight is 306 g/mol. The normalized spacial score (nSPS) is 10.6. The second-order valence-corrected chi connectivity index (χ2v) is 5.12. The molecule has 0 fully saturated rings. The summed E-state index contributed by atoms with van der Waals surface area (Å²) in [5.41, 5.74) is 1.63. The van der Waals surface area contributed by atoms with Gasteiger partial charge in [-0.25, -0.2) is 8.78 Å². The van der Waals surface area contributed by atoms with Crippen molar-refractivity contribution in [2.24, 2.45) is 7.05 Å². The number of amides is 1. The molecule has 116 valence electrons. The Morgan fingerprint density at radius 3 is 2.50 bits per heavy atom. The molecule has 22 heavy (non-hydrogen) atoms. The van der Waals surface area contributed by atoms with Crippen molar-refractivity contribution in [3.8, 4) is 0 Å². The fourth-order valence-corrected chi connectivity index (χ4v) is 2.07. The van der Waals surface area contributed by atoms with Gasteiger partial charge in [0.2, 0.25) is 0 Å². The van der Waals surface area contributed by atoms with Gasteiger partial charge in [0.05, 0.1) is 0 Å². The van der Waals surface area contributed by atoms with Gasteiger partial charge in [0.25, 0.3) is 11.5 Å². The number of pyridine rings is 1. The Hall–Kier alpha value is -2.50. The lowest BCUT2D eigenvalue weighted by molar-refractivity contribution is 0.0948. The van der Waals surface area contributed by atoms with Crippen LogP contribution in [0.25, 0.3) is 0 Å². The first-order valence-electron chi connectivity index (χ1n) is 6.70. The molecule has 1 amide bonds. The van der Waals surface area contributed by atoms with E-state index in [4.69, 9.17) is 0 Å². The molecule has 1 aromatic heterocycles. The van der Waals surface area contributed by atoms with Gasteiger partial charge in [0, 0.05) is 19.3 Å². The predicted molar refractivity (Wildman–Crippen MR) is 78.7 cm³/mol. The number of rotatable bonds is 3. The average Bonchev–Trinajstić information content (AvgIpc) is 2.49. The maximum Gasteiger partial charge on any atom is 0.263 e. The van der Waals surface area contributed by atoms with E-state index in [1.54, 1.807) is 20.9 Å². The van der Waals surface area contributed by atoms with E-state index in [9.17, 15) is 18.4 Å². The van der Waals surface area contributed by atoms with Gasteiger partial charge in [-0.3, -0.25) is 9.59 Å². The zero-order chi connectivity index (χ0) is 16.4. The zero-order valence-electron chi connectivity index (χ0n) is 12.5. The highest BCUT2D eigenvalue weighted by molar-refractivity contribution is 5.94. The summed E-state index contributed by atoms with van der Waals surface area (Å²) in [7, 11) is 1.59. The Bertz CT molecular complexity index is 797. The fraction of sp³-hybridized carbons (Fsp3) is 0.250. The van der Waals surface area contributed by atoms with Crippen molar-refractivity contribution >= 4 is 5.91 Å². The molecule has 6 heteroatoms. The molecule has 0 unspecified atom stereocenters. The first kappa shape index (κ1) is 15.9. The van der Waals surface area contributed by atoms with Crippen molar-refractivity contribution in [2.45, 2.75) is 20.4 Å². The van der Waals surface area contributed by atoms with E-state index in [1.165, 1.54) is 16.7 Å². The van der Waals surface area contributed by atoms with Crippen LogP contribution >= 0.6 is 0 Å². The number of nitrogens with one attached hydrogen (secondary N) is 1. The molecule has 0 radical (unpaired) electrons. The highest BCUT2D eigenvalue weighted by Gasteiger charge is 2.14. The Morgan fingerprint density at radius 1 is 1.18 bits per heavy atom. The third-order valence-electron chi connectivity index (χ3n) is 3.65. The number of benzene rings is 1. The first-order valence-corrected chi connectivity index (χ1v) is 6.70. The van der Waals surface area contributed by atoms with Gasteiger partial charge in [-0.05, 0) is 43.2 Å². The number of hydrogen-bond acceptors (Lipinski definition) is 2. The standard InChI is InChI=1S/C16H16F2N2O2/c1-9-6-12(16(22)20(3)10(9)2)15(21)19-8-11-4-5-13(17)14(18)7-11/h4-7H,8H2,1-3H3,(H,19,21). The molecule has 0 atom stereocenters.